The molecule has 0 radical (unpaired) electrons. The first kappa shape index (κ1) is 49.1. The van der Waals surface area contributed by atoms with E-state index in [2.05, 4.69) is 78.4 Å². The lowest BCUT2D eigenvalue weighted by molar-refractivity contribution is -0.0190. The van der Waals surface area contributed by atoms with Gasteiger partial charge in [0.05, 0.1) is 32.8 Å². The summed E-state index contributed by atoms with van der Waals surface area (Å²) in [6.45, 7) is 48.1. The number of hydrogen-bond acceptors (Lipinski definition) is 6. The third kappa shape index (κ3) is 5.70. The highest BCUT2D eigenvalue weighted by atomic mass is 16.1. The van der Waals surface area contributed by atoms with E-state index in [1.165, 1.54) is 0 Å². The molecule has 67 heavy (non-hydrogen) atoms. The van der Waals surface area contributed by atoms with Gasteiger partial charge >= 0.3 is 0 Å². The van der Waals surface area contributed by atoms with Gasteiger partial charge in [-0.15, -0.1) is 0 Å². The molecule has 0 aliphatic carbocycles. The zero-order chi connectivity index (χ0) is 51.0. The summed E-state index contributed by atoms with van der Waals surface area (Å²) in [4.78, 5) is 77.4. The molecule has 0 spiro atoms. The molecule has 0 bridgehead atoms. The molecule has 358 valence electrons. The Balaban J connectivity index is 0.000000150. The van der Waals surface area contributed by atoms with Crippen LogP contribution in [0.2, 0.25) is 0 Å². The van der Waals surface area contributed by atoms with E-state index in [0.29, 0.717) is 32.8 Å². The molecule has 12 heteroatoms. The molecule has 2 aliphatic rings. The Labute approximate surface area is 392 Å². The Bertz CT molecular complexity index is 3780. The van der Waals surface area contributed by atoms with Gasteiger partial charge in [-0.1, -0.05) is 13.8 Å². The van der Waals surface area contributed by atoms with E-state index in [-0.39, 0.29) is 49.5 Å². The van der Waals surface area contributed by atoms with Gasteiger partial charge in [-0.3, -0.25) is 42.3 Å². The van der Waals surface area contributed by atoms with E-state index in [0.717, 1.165) is 78.8 Å². The fourth-order valence-electron chi connectivity index (χ4n) is 11.5. The van der Waals surface area contributed by atoms with Gasteiger partial charge < -0.3 is 13.5 Å². The maximum absolute atomic E-state index is 13.3. The Morgan fingerprint density at radius 2 is 0.552 bits per heavy atom. The van der Waals surface area contributed by atoms with Gasteiger partial charge in [0.25, 0.3) is 16.7 Å². The largest absolute Gasteiger partial charge is 0.325 e. The molecule has 9 rings (SSSR count). The SMILES string of the molecule is Cc1c(C)n2c(C)c(C)n3c(=O)c(C)c(C)c(c1=O)c23.Cc1c(C)n2c3c(c(C)c(C)c(=O)n3C(C)(C)C(C)(C)C2(C)C)c1=O.Cc1c(C)n2c3c(c(C)c(C)c(=O)n3C(C)(C)C2(C)C)c1=O. The minimum atomic E-state index is -0.432. The quantitative estimate of drug-likeness (QED) is 0.149. The molecule has 9 heterocycles. The van der Waals surface area contributed by atoms with Gasteiger partial charge in [-0.25, -0.2) is 0 Å². The van der Waals surface area contributed by atoms with Crippen molar-refractivity contribution in [1.29, 1.82) is 0 Å². The lowest BCUT2D eigenvalue weighted by Crippen LogP contribution is -2.62. The second-order valence-corrected chi connectivity index (χ2v) is 22.4. The van der Waals surface area contributed by atoms with Crippen LogP contribution < -0.4 is 33.0 Å². The van der Waals surface area contributed by atoms with Crippen LogP contribution in [0.15, 0.2) is 28.8 Å². The third-order valence-corrected chi connectivity index (χ3v) is 18.6. The molecule has 0 aromatic carbocycles. The third-order valence-electron chi connectivity index (χ3n) is 18.6. The average molecular weight is 913 g/mol. The van der Waals surface area contributed by atoms with Crippen LogP contribution in [-0.4, -0.2) is 27.1 Å². The molecule has 0 saturated carbocycles. The molecule has 0 atom stereocenters. The molecular formula is C55H72N6O6. The summed E-state index contributed by atoms with van der Waals surface area (Å²) in [6.07, 6.45) is 0. The molecule has 12 nitrogen and oxygen atoms in total. The van der Waals surface area contributed by atoms with Gasteiger partial charge in [-0.2, -0.15) is 0 Å². The Morgan fingerprint density at radius 3 is 0.955 bits per heavy atom. The van der Waals surface area contributed by atoms with Gasteiger partial charge in [-0.05, 0) is 169 Å². The first-order chi connectivity index (χ1) is 30.5. The molecule has 0 N–H and O–H groups in total. The van der Waals surface area contributed by atoms with Crippen molar-refractivity contribution in [2.24, 2.45) is 5.41 Å². The van der Waals surface area contributed by atoms with E-state index in [1.807, 2.05) is 104 Å². The zero-order valence-electron chi connectivity index (χ0n) is 44.6. The number of imidazole rings is 1. The van der Waals surface area contributed by atoms with Crippen LogP contribution in [-0.2, 0) is 22.2 Å². The highest BCUT2D eigenvalue weighted by molar-refractivity contribution is 5.85. The normalized spacial score (nSPS) is 17.0. The smallest absolute Gasteiger partial charge is 0.259 e. The highest BCUT2D eigenvalue weighted by Gasteiger charge is 2.55. The minimum absolute atomic E-state index is 0.00924. The fraction of sp³-hybridized carbons (Fsp3) is 0.527. The van der Waals surface area contributed by atoms with E-state index in [9.17, 15) is 28.8 Å². The molecular weight excluding hydrogens is 841 g/mol. The van der Waals surface area contributed by atoms with Crippen LogP contribution in [0.3, 0.4) is 0 Å². The number of hydrogen-bond donors (Lipinski definition) is 0. The lowest BCUT2D eigenvalue weighted by atomic mass is 9.61. The van der Waals surface area contributed by atoms with Crippen LogP contribution in [0, 0.1) is 102 Å². The number of pyridine rings is 6. The summed E-state index contributed by atoms with van der Waals surface area (Å²) in [5.74, 6) is 0. The van der Waals surface area contributed by atoms with Crippen molar-refractivity contribution in [3.8, 4) is 0 Å². The first-order valence-corrected chi connectivity index (χ1v) is 23.5. The van der Waals surface area contributed by atoms with Crippen LogP contribution >= 0.6 is 0 Å². The fourth-order valence-corrected chi connectivity index (χ4v) is 11.5. The van der Waals surface area contributed by atoms with E-state index >= 15 is 0 Å². The van der Waals surface area contributed by atoms with E-state index in [4.69, 9.17) is 0 Å². The average Bonchev–Trinajstić information content (AvgIpc) is 3.58. The van der Waals surface area contributed by atoms with Crippen molar-refractivity contribution >= 4 is 33.1 Å². The van der Waals surface area contributed by atoms with Crippen LogP contribution in [0.25, 0.3) is 33.1 Å². The summed E-state index contributed by atoms with van der Waals surface area (Å²) in [5.41, 5.74) is 12.2. The maximum atomic E-state index is 13.3. The monoisotopic (exact) mass is 913 g/mol. The van der Waals surface area contributed by atoms with Gasteiger partial charge in [0.1, 0.15) is 16.9 Å². The topological polar surface area (TPSA) is 131 Å². The van der Waals surface area contributed by atoms with Crippen molar-refractivity contribution in [3.05, 3.63) is 140 Å². The molecule has 0 unspecified atom stereocenters. The summed E-state index contributed by atoms with van der Waals surface area (Å²) in [6, 6.07) is 0. The Morgan fingerprint density at radius 1 is 0.269 bits per heavy atom. The van der Waals surface area contributed by atoms with Crippen LogP contribution in [0.5, 0.6) is 0 Å². The lowest BCUT2D eigenvalue weighted by Gasteiger charge is -2.58. The number of aryl methyl sites for hydroxylation is 6. The van der Waals surface area contributed by atoms with Crippen molar-refractivity contribution in [2.45, 2.75) is 188 Å². The Kier molecular flexibility index (Phi) is 10.7. The van der Waals surface area contributed by atoms with Crippen LogP contribution in [0.1, 0.15) is 148 Å². The molecule has 0 saturated heterocycles. The standard InChI is InChI=1S/C21H30N2O2.C18H24N2O2.C16H18N2O2/c1-11-12(2)18(25)23-17-15(11)16(24)13(3)14(4)22(17)20(7,8)19(5,6)21(23,9)10;1-9-10(2)16(22)20-15-13(9)14(21)11(3)12(4)19(15)17(5,6)18(20,7)8;1-7-8(2)16(20)18-12(6)11(5)17-10(4)9(3)14(19)13(7)15(17)18/h1-10H3;1-8H3;1-6H3. The second-order valence-electron chi connectivity index (χ2n) is 22.4. The summed E-state index contributed by atoms with van der Waals surface area (Å²) in [7, 11) is 0. The molecule has 7 aromatic heterocycles. The van der Waals surface area contributed by atoms with Crippen LogP contribution in [0.4, 0.5) is 0 Å². The van der Waals surface area contributed by atoms with E-state index in [1.54, 1.807) is 11.3 Å². The molecule has 0 amide bonds. The summed E-state index contributed by atoms with van der Waals surface area (Å²) < 4.78 is 11.9. The zero-order valence-corrected chi connectivity index (χ0v) is 44.6. The predicted octanol–water partition coefficient (Wildman–Crippen LogP) is 8.99. The van der Waals surface area contributed by atoms with Gasteiger partial charge in [0.15, 0.2) is 16.3 Å². The van der Waals surface area contributed by atoms with Crippen molar-refractivity contribution < 1.29 is 0 Å². The van der Waals surface area contributed by atoms with Crippen molar-refractivity contribution in [3.63, 3.8) is 0 Å². The summed E-state index contributed by atoms with van der Waals surface area (Å²) in [5, 5.41) is 2.05. The molecule has 7 aromatic rings. The maximum Gasteiger partial charge on any atom is 0.259 e. The number of rotatable bonds is 0. The number of aromatic nitrogens is 6. The van der Waals surface area contributed by atoms with Gasteiger partial charge in [0.2, 0.25) is 0 Å². The van der Waals surface area contributed by atoms with Crippen molar-refractivity contribution in [2.75, 3.05) is 0 Å². The molecule has 2 aliphatic heterocycles. The highest BCUT2D eigenvalue weighted by Crippen LogP contribution is 2.54. The summed E-state index contributed by atoms with van der Waals surface area (Å²) >= 11 is 0. The van der Waals surface area contributed by atoms with Gasteiger partial charge in [0, 0.05) is 72.8 Å². The first-order valence-electron chi connectivity index (χ1n) is 23.5. The predicted molar refractivity (Wildman–Crippen MR) is 274 cm³/mol. The molecule has 0 fully saturated rings. The van der Waals surface area contributed by atoms with Crippen molar-refractivity contribution in [1.82, 2.24) is 27.1 Å². The second kappa shape index (κ2) is 14.6. The minimum Gasteiger partial charge on any atom is -0.325 e. The van der Waals surface area contributed by atoms with E-state index < -0.39 is 11.1 Å². The Hall–Kier alpha value is -5.78. The number of nitrogens with zero attached hydrogens (tertiary/aromatic N) is 6.